The molecule has 1 saturated heterocycles. The van der Waals surface area contributed by atoms with E-state index in [-0.39, 0.29) is 17.8 Å². The van der Waals surface area contributed by atoms with Crippen molar-refractivity contribution in [2.45, 2.75) is 6.92 Å². The van der Waals surface area contributed by atoms with Gasteiger partial charge in [-0.1, -0.05) is 0 Å². The lowest BCUT2D eigenvalue weighted by atomic mass is 10.0. The van der Waals surface area contributed by atoms with Crippen molar-refractivity contribution in [1.29, 1.82) is 0 Å². The summed E-state index contributed by atoms with van der Waals surface area (Å²) in [7, 11) is 0. The van der Waals surface area contributed by atoms with Crippen LogP contribution >= 0.6 is 15.9 Å². The number of nitrogens with one attached hydrogen (secondary N) is 2. The lowest BCUT2D eigenvalue weighted by molar-refractivity contribution is -0.121. The minimum atomic E-state index is -0.371. The SMILES string of the molecule is CCOC(=O)c1ccc(NC(=O)C2CNC2)c(Br)c1. The van der Waals surface area contributed by atoms with E-state index < -0.39 is 0 Å². The molecule has 1 heterocycles. The number of anilines is 1. The highest BCUT2D eigenvalue weighted by atomic mass is 79.9. The van der Waals surface area contributed by atoms with Gasteiger partial charge in [-0.05, 0) is 41.1 Å². The molecule has 0 bridgehead atoms. The Morgan fingerprint density at radius 3 is 2.74 bits per heavy atom. The first-order chi connectivity index (χ1) is 9.11. The highest BCUT2D eigenvalue weighted by Gasteiger charge is 2.25. The van der Waals surface area contributed by atoms with E-state index in [4.69, 9.17) is 4.74 Å². The van der Waals surface area contributed by atoms with Crippen molar-refractivity contribution < 1.29 is 14.3 Å². The average molecular weight is 327 g/mol. The predicted molar refractivity (Wildman–Crippen MR) is 75.1 cm³/mol. The van der Waals surface area contributed by atoms with Gasteiger partial charge in [-0.3, -0.25) is 4.79 Å². The summed E-state index contributed by atoms with van der Waals surface area (Å²) in [5, 5.41) is 5.88. The standard InChI is InChI=1S/C13H15BrN2O3/c1-2-19-13(18)8-3-4-11(10(14)5-8)16-12(17)9-6-15-7-9/h3-5,9,15H,2,6-7H2,1H3,(H,16,17). The molecule has 1 fully saturated rings. The van der Waals surface area contributed by atoms with E-state index in [1.807, 2.05) is 0 Å². The molecular formula is C13H15BrN2O3. The molecule has 0 saturated carbocycles. The molecule has 1 aromatic rings. The van der Waals surface area contributed by atoms with Crippen molar-refractivity contribution in [1.82, 2.24) is 5.32 Å². The van der Waals surface area contributed by atoms with Crippen LogP contribution in [-0.2, 0) is 9.53 Å². The van der Waals surface area contributed by atoms with E-state index in [2.05, 4.69) is 26.6 Å². The Morgan fingerprint density at radius 2 is 2.21 bits per heavy atom. The summed E-state index contributed by atoms with van der Waals surface area (Å²) in [5.74, 6) is -0.357. The first-order valence-corrected chi connectivity index (χ1v) is 6.89. The molecule has 2 N–H and O–H groups in total. The Hall–Kier alpha value is -1.40. The summed E-state index contributed by atoms with van der Waals surface area (Å²) in [4.78, 5) is 23.4. The highest BCUT2D eigenvalue weighted by Crippen LogP contribution is 2.25. The Balaban J connectivity index is 2.06. The molecule has 1 aliphatic rings. The number of amides is 1. The molecule has 1 aromatic carbocycles. The molecule has 6 heteroatoms. The van der Waals surface area contributed by atoms with Gasteiger partial charge in [0.1, 0.15) is 0 Å². The second kappa shape index (κ2) is 6.16. The van der Waals surface area contributed by atoms with Gasteiger partial charge in [0.25, 0.3) is 0 Å². The fourth-order valence-electron chi connectivity index (χ4n) is 1.67. The first-order valence-electron chi connectivity index (χ1n) is 6.10. The van der Waals surface area contributed by atoms with Gasteiger partial charge < -0.3 is 15.4 Å². The van der Waals surface area contributed by atoms with Crippen LogP contribution < -0.4 is 10.6 Å². The van der Waals surface area contributed by atoms with Crippen LogP contribution in [0.3, 0.4) is 0 Å². The average Bonchev–Trinajstić information content (AvgIpc) is 2.29. The van der Waals surface area contributed by atoms with Crippen molar-refractivity contribution >= 4 is 33.5 Å². The van der Waals surface area contributed by atoms with Crippen molar-refractivity contribution in [3.05, 3.63) is 28.2 Å². The number of ether oxygens (including phenoxy) is 1. The summed E-state index contributed by atoms with van der Waals surface area (Å²) in [5.41, 5.74) is 1.11. The zero-order valence-electron chi connectivity index (χ0n) is 10.5. The zero-order valence-corrected chi connectivity index (χ0v) is 12.1. The predicted octanol–water partition coefficient (Wildman–Crippen LogP) is 1.78. The molecule has 0 aliphatic carbocycles. The van der Waals surface area contributed by atoms with E-state index in [1.165, 1.54) is 0 Å². The minimum absolute atomic E-state index is 0.0108. The molecule has 1 amide bonds. The van der Waals surface area contributed by atoms with Crippen LogP contribution in [-0.4, -0.2) is 31.6 Å². The largest absolute Gasteiger partial charge is 0.462 e. The van der Waals surface area contributed by atoms with E-state index in [0.29, 0.717) is 35.4 Å². The number of benzene rings is 1. The van der Waals surface area contributed by atoms with E-state index >= 15 is 0 Å². The van der Waals surface area contributed by atoms with E-state index in [1.54, 1.807) is 25.1 Å². The lowest BCUT2D eigenvalue weighted by Gasteiger charge is -2.26. The molecule has 19 heavy (non-hydrogen) atoms. The molecule has 0 aromatic heterocycles. The van der Waals surface area contributed by atoms with Gasteiger partial charge in [0, 0.05) is 17.6 Å². The quantitative estimate of drug-likeness (QED) is 0.828. The topological polar surface area (TPSA) is 67.4 Å². The van der Waals surface area contributed by atoms with Crippen LogP contribution in [0.2, 0.25) is 0 Å². The third kappa shape index (κ3) is 3.33. The number of carbonyl (C=O) groups excluding carboxylic acids is 2. The summed E-state index contributed by atoms with van der Waals surface area (Å²) in [6.07, 6.45) is 0. The van der Waals surface area contributed by atoms with Crippen LogP contribution in [0.1, 0.15) is 17.3 Å². The summed E-state index contributed by atoms with van der Waals surface area (Å²) in [6, 6.07) is 4.98. The van der Waals surface area contributed by atoms with Gasteiger partial charge >= 0.3 is 5.97 Å². The van der Waals surface area contributed by atoms with Gasteiger partial charge in [-0.15, -0.1) is 0 Å². The molecule has 5 nitrogen and oxygen atoms in total. The molecular weight excluding hydrogens is 312 g/mol. The van der Waals surface area contributed by atoms with Gasteiger partial charge in [-0.25, -0.2) is 4.79 Å². The normalized spacial score (nSPS) is 14.6. The maximum Gasteiger partial charge on any atom is 0.338 e. The Labute approximate surface area is 119 Å². The smallest absolute Gasteiger partial charge is 0.338 e. The lowest BCUT2D eigenvalue weighted by Crippen LogP contribution is -2.48. The Kier molecular flexibility index (Phi) is 4.55. The van der Waals surface area contributed by atoms with Gasteiger partial charge in [0.15, 0.2) is 0 Å². The Bertz CT molecular complexity index is 501. The van der Waals surface area contributed by atoms with Crippen LogP contribution in [0.15, 0.2) is 22.7 Å². The second-order valence-corrected chi connectivity index (χ2v) is 5.11. The monoisotopic (exact) mass is 326 g/mol. The Morgan fingerprint density at radius 1 is 1.47 bits per heavy atom. The molecule has 1 aliphatic heterocycles. The number of esters is 1. The van der Waals surface area contributed by atoms with Crippen molar-refractivity contribution in [2.24, 2.45) is 5.92 Å². The van der Waals surface area contributed by atoms with Crippen molar-refractivity contribution in [3.8, 4) is 0 Å². The van der Waals surface area contributed by atoms with Crippen LogP contribution in [0.4, 0.5) is 5.69 Å². The molecule has 0 radical (unpaired) electrons. The molecule has 102 valence electrons. The maximum atomic E-state index is 11.8. The van der Waals surface area contributed by atoms with Crippen molar-refractivity contribution in [3.63, 3.8) is 0 Å². The maximum absolute atomic E-state index is 11.8. The fourth-order valence-corrected chi connectivity index (χ4v) is 2.14. The third-order valence-corrected chi connectivity index (χ3v) is 3.55. The first kappa shape index (κ1) is 14.0. The van der Waals surface area contributed by atoms with Crippen LogP contribution in [0.5, 0.6) is 0 Å². The highest BCUT2D eigenvalue weighted by molar-refractivity contribution is 9.10. The number of rotatable bonds is 4. The number of carbonyl (C=O) groups is 2. The fraction of sp³-hybridized carbons (Fsp3) is 0.385. The minimum Gasteiger partial charge on any atom is -0.462 e. The van der Waals surface area contributed by atoms with E-state index in [9.17, 15) is 9.59 Å². The van der Waals surface area contributed by atoms with Crippen molar-refractivity contribution in [2.75, 3.05) is 25.0 Å². The zero-order chi connectivity index (χ0) is 13.8. The summed E-state index contributed by atoms with van der Waals surface area (Å²) >= 11 is 3.35. The van der Waals surface area contributed by atoms with Crippen LogP contribution in [0, 0.1) is 5.92 Å². The number of halogens is 1. The summed E-state index contributed by atoms with van der Waals surface area (Å²) < 4.78 is 5.58. The number of hydrogen-bond acceptors (Lipinski definition) is 4. The molecule has 2 rings (SSSR count). The molecule has 0 atom stereocenters. The van der Waals surface area contributed by atoms with E-state index in [0.717, 1.165) is 0 Å². The second-order valence-electron chi connectivity index (χ2n) is 4.26. The number of hydrogen-bond donors (Lipinski definition) is 2. The molecule has 0 spiro atoms. The van der Waals surface area contributed by atoms with Gasteiger partial charge in [0.2, 0.25) is 5.91 Å². The molecule has 0 unspecified atom stereocenters. The van der Waals surface area contributed by atoms with Gasteiger partial charge in [0.05, 0.1) is 23.8 Å². The van der Waals surface area contributed by atoms with Crippen LogP contribution in [0.25, 0.3) is 0 Å². The summed E-state index contributed by atoms with van der Waals surface area (Å²) in [6.45, 7) is 3.52. The van der Waals surface area contributed by atoms with Gasteiger partial charge in [-0.2, -0.15) is 0 Å². The third-order valence-electron chi connectivity index (χ3n) is 2.89.